The highest BCUT2D eigenvalue weighted by atomic mass is 35.5. The van der Waals surface area contributed by atoms with Gasteiger partial charge in [-0.05, 0) is 30.7 Å². The first-order valence-corrected chi connectivity index (χ1v) is 8.74. The lowest BCUT2D eigenvalue weighted by molar-refractivity contribution is 0.407. The van der Waals surface area contributed by atoms with E-state index in [0.29, 0.717) is 17.1 Å². The number of benzene rings is 1. The lowest BCUT2D eigenvalue weighted by atomic mass is 10.1. The van der Waals surface area contributed by atoms with Crippen molar-refractivity contribution in [1.29, 1.82) is 5.26 Å². The molecule has 0 aliphatic rings. The van der Waals surface area contributed by atoms with E-state index in [-0.39, 0.29) is 0 Å². The van der Waals surface area contributed by atoms with E-state index >= 15 is 0 Å². The van der Waals surface area contributed by atoms with Crippen LogP contribution in [-0.4, -0.2) is 21.9 Å². The lowest BCUT2D eigenvalue weighted by Crippen LogP contribution is -2.02. The molecule has 2 aromatic heterocycles. The fourth-order valence-corrected chi connectivity index (χ4v) is 3.32. The van der Waals surface area contributed by atoms with E-state index in [9.17, 15) is 5.26 Å². The van der Waals surface area contributed by atoms with E-state index in [1.807, 2.05) is 36.6 Å². The van der Waals surface area contributed by atoms with E-state index in [1.165, 1.54) is 11.3 Å². The van der Waals surface area contributed by atoms with E-state index in [1.54, 1.807) is 24.2 Å². The fraction of sp³-hybridized carbons (Fsp3) is 0.167. The molecule has 7 heteroatoms. The molecule has 0 N–H and O–H groups in total. The third kappa shape index (κ3) is 4.08. The summed E-state index contributed by atoms with van der Waals surface area (Å²) in [5.74, 6) is 0.757. The number of allylic oxidation sites excluding steroid dienone is 1. The second-order valence-corrected chi connectivity index (χ2v) is 6.69. The van der Waals surface area contributed by atoms with Gasteiger partial charge in [-0.2, -0.15) is 10.4 Å². The van der Waals surface area contributed by atoms with Gasteiger partial charge in [0, 0.05) is 22.8 Å². The van der Waals surface area contributed by atoms with Crippen molar-refractivity contribution in [1.82, 2.24) is 14.8 Å². The summed E-state index contributed by atoms with van der Waals surface area (Å²) in [5.41, 5.74) is 3.30. The normalized spacial score (nSPS) is 11.4. The van der Waals surface area contributed by atoms with Gasteiger partial charge in [0.2, 0.25) is 0 Å². The Hall–Kier alpha value is -2.62. The summed E-state index contributed by atoms with van der Waals surface area (Å²) >= 11 is 7.39. The smallest absolute Gasteiger partial charge is 0.134 e. The van der Waals surface area contributed by atoms with Gasteiger partial charge < -0.3 is 4.74 Å². The minimum atomic E-state index is 0.524. The standard InChI is InChI=1S/C18H15ClN4OS/c1-12-11-25-18(22-12)14(7-20)5-13-3-4-17(24-2)15(6-13)9-23-10-16(19)8-21-23/h3-6,8,10-11H,9H2,1-2H3. The number of thiazole rings is 1. The molecule has 0 saturated carbocycles. The van der Waals surface area contributed by atoms with Gasteiger partial charge in [-0.25, -0.2) is 4.98 Å². The summed E-state index contributed by atoms with van der Waals surface area (Å²) in [6.07, 6.45) is 5.18. The number of methoxy groups -OCH3 is 1. The molecule has 0 aliphatic carbocycles. The second kappa shape index (κ2) is 7.51. The largest absolute Gasteiger partial charge is 0.496 e. The summed E-state index contributed by atoms with van der Waals surface area (Å²) in [6, 6.07) is 8.00. The molecule has 0 saturated heterocycles. The van der Waals surface area contributed by atoms with Crippen LogP contribution in [0, 0.1) is 18.3 Å². The summed E-state index contributed by atoms with van der Waals surface area (Å²) in [4.78, 5) is 4.38. The molecule has 0 fully saturated rings. The number of nitriles is 1. The van der Waals surface area contributed by atoms with Crippen LogP contribution in [0.25, 0.3) is 11.6 Å². The van der Waals surface area contributed by atoms with Crippen molar-refractivity contribution < 1.29 is 4.74 Å². The quantitative estimate of drug-likeness (QED) is 0.623. The van der Waals surface area contributed by atoms with Crippen LogP contribution in [0.15, 0.2) is 36.0 Å². The minimum absolute atomic E-state index is 0.524. The Bertz CT molecular complexity index is 968. The Balaban J connectivity index is 1.95. The number of ether oxygens (including phenoxy) is 1. The van der Waals surface area contributed by atoms with Crippen molar-refractivity contribution >= 4 is 34.6 Å². The molecule has 2 heterocycles. The Morgan fingerprint density at radius 1 is 1.48 bits per heavy atom. The third-order valence-corrected chi connectivity index (χ3v) is 4.71. The molecular weight excluding hydrogens is 356 g/mol. The van der Waals surface area contributed by atoms with Crippen molar-refractivity contribution in [2.45, 2.75) is 13.5 Å². The Morgan fingerprint density at radius 2 is 2.32 bits per heavy atom. The summed E-state index contributed by atoms with van der Waals surface area (Å²) in [7, 11) is 1.63. The number of aryl methyl sites for hydroxylation is 1. The van der Waals surface area contributed by atoms with Crippen LogP contribution in [0.5, 0.6) is 5.75 Å². The van der Waals surface area contributed by atoms with Gasteiger partial charge in [0.25, 0.3) is 0 Å². The molecule has 0 aliphatic heterocycles. The van der Waals surface area contributed by atoms with E-state index < -0.39 is 0 Å². The van der Waals surface area contributed by atoms with Gasteiger partial charge in [0.1, 0.15) is 16.8 Å². The van der Waals surface area contributed by atoms with Crippen molar-refractivity contribution in [3.8, 4) is 11.8 Å². The monoisotopic (exact) mass is 370 g/mol. The predicted octanol–water partition coefficient (Wildman–Crippen LogP) is 4.42. The summed E-state index contributed by atoms with van der Waals surface area (Å²) < 4.78 is 7.17. The number of rotatable bonds is 5. The van der Waals surface area contributed by atoms with Gasteiger partial charge >= 0.3 is 0 Å². The second-order valence-electron chi connectivity index (χ2n) is 5.39. The molecule has 0 amide bonds. The summed E-state index contributed by atoms with van der Waals surface area (Å²) in [6.45, 7) is 2.44. The average Bonchev–Trinajstić information content (AvgIpc) is 3.21. The van der Waals surface area contributed by atoms with Crippen molar-refractivity contribution in [2.24, 2.45) is 0 Å². The first kappa shape index (κ1) is 17.2. The zero-order valence-corrected chi connectivity index (χ0v) is 15.3. The fourth-order valence-electron chi connectivity index (χ4n) is 2.40. The van der Waals surface area contributed by atoms with Crippen LogP contribution < -0.4 is 4.74 Å². The molecule has 1 aromatic carbocycles. The van der Waals surface area contributed by atoms with Crippen molar-refractivity contribution in [2.75, 3.05) is 7.11 Å². The van der Waals surface area contributed by atoms with E-state index in [4.69, 9.17) is 16.3 Å². The third-order valence-electron chi connectivity index (χ3n) is 3.52. The Morgan fingerprint density at radius 3 is 2.92 bits per heavy atom. The molecule has 25 heavy (non-hydrogen) atoms. The highest BCUT2D eigenvalue weighted by molar-refractivity contribution is 7.11. The predicted molar refractivity (Wildman–Crippen MR) is 99.7 cm³/mol. The molecule has 0 atom stereocenters. The Kier molecular flexibility index (Phi) is 5.17. The molecule has 3 rings (SSSR count). The maximum atomic E-state index is 9.45. The van der Waals surface area contributed by atoms with Gasteiger partial charge in [0.15, 0.2) is 0 Å². The lowest BCUT2D eigenvalue weighted by Gasteiger charge is -2.10. The molecule has 5 nitrogen and oxygen atoms in total. The van der Waals surface area contributed by atoms with Gasteiger partial charge in [-0.15, -0.1) is 11.3 Å². The number of nitrogens with zero attached hydrogens (tertiary/aromatic N) is 4. The molecule has 0 spiro atoms. The van der Waals surface area contributed by atoms with E-state index in [2.05, 4.69) is 16.2 Å². The number of halogens is 1. The van der Waals surface area contributed by atoms with Crippen LogP contribution in [0.3, 0.4) is 0 Å². The number of hydrogen-bond donors (Lipinski definition) is 0. The first-order valence-electron chi connectivity index (χ1n) is 7.48. The molecule has 0 bridgehead atoms. The molecular formula is C18H15ClN4OS. The molecule has 126 valence electrons. The van der Waals surface area contributed by atoms with E-state index in [0.717, 1.165) is 27.6 Å². The van der Waals surface area contributed by atoms with Crippen molar-refractivity contribution in [3.63, 3.8) is 0 Å². The van der Waals surface area contributed by atoms with Gasteiger partial charge in [-0.1, -0.05) is 17.7 Å². The minimum Gasteiger partial charge on any atom is -0.496 e. The number of aromatic nitrogens is 3. The van der Waals surface area contributed by atoms with Crippen LogP contribution in [-0.2, 0) is 6.54 Å². The zero-order valence-electron chi connectivity index (χ0n) is 13.7. The first-order chi connectivity index (χ1) is 12.1. The average molecular weight is 371 g/mol. The van der Waals surface area contributed by atoms with Gasteiger partial charge in [-0.3, -0.25) is 4.68 Å². The van der Waals surface area contributed by atoms with Crippen LogP contribution in [0.4, 0.5) is 0 Å². The van der Waals surface area contributed by atoms with Crippen LogP contribution >= 0.6 is 22.9 Å². The highest BCUT2D eigenvalue weighted by Crippen LogP contribution is 2.25. The van der Waals surface area contributed by atoms with Crippen LogP contribution in [0.1, 0.15) is 21.8 Å². The van der Waals surface area contributed by atoms with Crippen molar-refractivity contribution in [3.05, 3.63) is 62.8 Å². The maximum Gasteiger partial charge on any atom is 0.134 e. The van der Waals surface area contributed by atoms with Crippen LogP contribution in [0.2, 0.25) is 5.02 Å². The SMILES string of the molecule is COc1ccc(C=C(C#N)c2nc(C)cs2)cc1Cn1cc(Cl)cn1. The highest BCUT2D eigenvalue weighted by Gasteiger charge is 2.09. The molecule has 3 aromatic rings. The van der Waals surface area contributed by atoms with Gasteiger partial charge in [0.05, 0.1) is 30.4 Å². The zero-order chi connectivity index (χ0) is 17.8. The topological polar surface area (TPSA) is 63.7 Å². The molecule has 0 radical (unpaired) electrons. The Labute approximate surface area is 154 Å². The molecule has 0 unspecified atom stereocenters. The summed E-state index contributed by atoms with van der Waals surface area (Å²) in [5, 5.41) is 16.9. The maximum absolute atomic E-state index is 9.45. The number of hydrogen-bond acceptors (Lipinski definition) is 5.